The number of aromatic nitrogens is 2. The Morgan fingerprint density at radius 3 is 2.67 bits per heavy atom. The van der Waals surface area contributed by atoms with Gasteiger partial charge in [0.1, 0.15) is 5.82 Å². The van der Waals surface area contributed by atoms with Gasteiger partial charge in [-0.15, -0.1) is 0 Å². The van der Waals surface area contributed by atoms with Crippen molar-refractivity contribution in [3.05, 3.63) is 11.8 Å². The molecule has 2 N–H and O–H groups in total. The number of anilines is 1. The van der Waals surface area contributed by atoms with Gasteiger partial charge in [-0.25, -0.2) is 8.42 Å². The smallest absolute Gasteiger partial charge is 0.267 e. The summed E-state index contributed by atoms with van der Waals surface area (Å²) in [5.74, 6) is -0.362. The molecule has 0 amide bonds. The Kier molecular flexibility index (Phi) is 4.60. The Labute approximate surface area is 103 Å². The summed E-state index contributed by atoms with van der Waals surface area (Å²) in [6.07, 6.45) is -3.88. The van der Waals surface area contributed by atoms with Crippen molar-refractivity contribution >= 4 is 15.8 Å². The van der Waals surface area contributed by atoms with Gasteiger partial charge in [0.2, 0.25) is 10.0 Å². The van der Waals surface area contributed by atoms with Gasteiger partial charge in [0.05, 0.1) is 11.9 Å². The number of halogens is 3. The summed E-state index contributed by atoms with van der Waals surface area (Å²) in [6.45, 7) is 1.81. The number of aryl methyl sites for hydroxylation is 1. The first-order valence-electron chi connectivity index (χ1n) is 5.33. The van der Waals surface area contributed by atoms with Crippen LogP contribution in [-0.2, 0) is 16.4 Å². The number of alkyl halides is 3. The summed E-state index contributed by atoms with van der Waals surface area (Å²) in [7, 11) is -3.78. The molecular formula is C9H14F3N3O2S. The second-order valence-electron chi connectivity index (χ2n) is 3.76. The molecule has 0 saturated heterocycles. The summed E-state index contributed by atoms with van der Waals surface area (Å²) in [5, 5.41) is 6.12. The standard InChI is InChI=1S/C9H14F3N3O2S/c1-2-7-6-13-14-8(7)15-18(16,17)5-3-4-9(10,11)12/h6H,2-5H2,1H3,(H2,13,14,15). The topological polar surface area (TPSA) is 74.8 Å². The number of hydrogen-bond acceptors (Lipinski definition) is 3. The molecular weight excluding hydrogens is 271 g/mol. The number of hydrogen-bond donors (Lipinski definition) is 2. The molecule has 0 aliphatic carbocycles. The summed E-state index contributed by atoms with van der Waals surface area (Å²) in [6, 6.07) is 0. The van der Waals surface area contributed by atoms with Gasteiger partial charge in [0.15, 0.2) is 0 Å². The highest BCUT2D eigenvalue weighted by Gasteiger charge is 2.27. The Hall–Kier alpha value is -1.25. The van der Waals surface area contributed by atoms with Crippen molar-refractivity contribution in [3.63, 3.8) is 0 Å². The van der Waals surface area contributed by atoms with Crippen LogP contribution in [0.4, 0.5) is 19.0 Å². The summed E-state index contributed by atoms with van der Waals surface area (Å²) in [4.78, 5) is 0. The minimum absolute atomic E-state index is 0.213. The van der Waals surface area contributed by atoms with Crippen LogP contribution in [-0.4, -0.2) is 30.5 Å². The molecule has 0 unspecified atom stereocenters. The molecule has 1 aromatic heterocycles. The predicted octanol–water partition coefficient (Wildman–Crippen LogP) is 2.06. The zero-order chi connectivity index (χ0) is 13.8. The second kappa shape index (κ2) is 5.59. The maximum absolute atomic E-state index is 11.9. The molecule has 0 aliphatic rings. The van der Waals surface area contributed by atoms with E-state index in [2.05, 4.69) is 14.9 Å². The summed E-state index contributed by atoms with van der Waals surface area (Å²) in [5.41, 5.74) is 0.661. The summed E-state index contributed by atoms with van der Waals surface area (Å²) < 4.78 is 60.9. The van der Waals surface area contributed by atoms with E-state index < -0.39 is 34.8 Å². The van der Waals surface area contributed by atoms with Gasteiger partial charge in [-0.3, -0.25) is 9.82 Å². The van der Waals surface area contributed by atoms with Crippen molar-refractivity contribution in [2.75, 3.05) is 10.5 Å². The molecule has 1 heterocycles. The average Bonchev–Trinajstić information content (AvgIpc) is 2.61. The van der Waals surface area contributed by atoms with Crippen molar-refractivity contribution in [1.82, 2.24) is 10.2 Å². The van der Waals surface area contributed by atoms with Crippen LogP contribution < -0.4 is 4.72 Å². The third-order valence-corrected chi connectivity index (χ3v) is 3.57. The number of rotatable bonds is 6. The van der Waals surface area contributed by atoms with E-state index in [9.17, 15) is 21.6 Å². The van der Waals surface area contributed by atoms with E-state index in [-0.39, 0.29) is 5.82 Å². The molecule has 18 heavy (non-hydrogen) atoms. The first kappa shape index (κ1) is 14.8. The molecule has 0 bridgehead atoms. The molecule has 9 heteroatoms. The van der Waals surface area contributed by atoms with Gasteiger partial charge in [0.25, 0.3) is 0 Å². The van der Waals surface area contributed by atoms with E-state index in [1.165, 1.54) is 6.20 Å². The van der Waals surface area contributed by atoms with Crippen molar-refractivity contribution in [2.45, 2.75) is 32.4 Å². The lowest BCUT2D eigenvalue weighted by molar-refractivity contribution is -0.134. The minimum Gasteiger partial charge on any atom is -0.267 e. The van der Waals surface area contributed by atoms with E-state index in [0.29, 0.717) is 12.0 Å². The van der Waals surface area contributed by atoms with Crippen LogP contribution >= 0.6 is 0 Å². The van der Waals surface area contributed by atoms with Crippen LogP contribution in [0.1, 0.15) is 25.3 Å². The molecule has 0 aliphatic heterocycles. The number of aromatic amines is 1. The monoisotopic (exact) mass is 285 g/mol. The normalized spacial score (nSPS) is 12.7. The van der Waals surface area contributed by atoms with Crippen LogP contribution in [0.25, 0.3) is 0 Å². The van der Waals surface area contributed by atoms with Gasteiger partial charge in [-0.05, 0) is 12.8 Å². The van der Waals surface area contributed by atoms with Crippen LogP contribution in [0.2, 0.25) is 0 Å². The number of nitrogens with one attached hydrogen (secondary N) is 2. The average molecular weight is 285 g/mol. The Bertz CT molecular complexity index is 481. The molecule has 1 aromatic rings. The number of sulfonamides is 1. The van der Waals surface area contributed by atoms with Crippen LogP contribution in [0.3, 0.4) is 0 Å². The van der Waals surface area contributed by atoms with E-state index >= 15 is 0 Å². The first-order chi connectivity index (χ1) is 8.23. The molecule has 0 spiro atoms. The van der Waals surface area contributed by atoms with E-state index in [4.69, 9.17) is 0 Å². The quantitative estimate of drug-likeness (QED) is 0.840. The number of nitrogens with zero attached hydrogens (tertiary/aromatic N) is 1. The lowest BCUT2D eigenvalue weighted by atomic mass is 10.3. The fourth-order valence-corrected chi connectivity index (χ4v) is 2.45. The largest absolute Gasteiger partial charge is 0.389 e. The minimum atomic E-state index is -4.34. The predicted molar refractivity (Wildman–Crippen MR) is 60.7 cm³/mol. The molecule has 0 fully saturated rings. The Morgan fingerprint density at radius 2 is 2.11 bits per heavy atom. The SMILES string of the molecule is CCc1cn[nH]c1NS(=O)(=O)CCCC(F)(F)F. The van der Waals surface area contributed by atoms with Gasteiger partial charge in [-0.1, -0.05) is 6.92 Å². The van der Waals surface area contributed by atoms with E-state index in [0.717, 1.165) is 0 Å². The molecule has 5 nitrogen and oxygen atoms in total. The summed E-state index contributed by atoms with van der Waals surface area (Å²) >= 11 is 0. The molecule has 0 saturated carbocycles. The highest BCUT2D eigenvalue weighted by atomic mass is 32.2. The lowest BCUT2D eigenvalue weighted by Gasteiger charge is -2.08. The Balaban J connectivity index is 2.55. The van der Waals surface area contributed by atoms with Gasteiger partial charge >= 0.3 is 6.18 Å². The van der Waals surface area contributed by atoms with Crippen LogP contribution in [0.5, 0.6) is 0 Å². The first-order valence-corrected chi connectivity index (χ1v) is 6.98. The fraction of sp³-hybridized carbons (Fsp3) is 0.667. The van der Waals surface area contributed by atoms with Gasteiger partial charge < -0.3 is 0 Å². The molecule has 0 radical (unpaired) electrons. The lowest BCUT2D eigenvalue weighted by Crippen LogP contribution is -2.19. The Morgan fingerprint density at radius 1 is 1.44 bits per heavy atom. The van der Waals surface area contributed by atoms with Gasteiger partial charge in [-0.2, -0.15) is 18.3 Å². The second-order valence-corrected chi connectivity index (χ2v) is 5.61. The zero-order valence-corrected chi connectivity index (χ0v) is 10.5. The van der Waals surface area contributed by atoms with Crippen molar-refractivity contribution in [2.24, 2.45) is 0 Å². The number of H-pyrrole nitrogens is 1. The van der Waals surface area contributed by atoms with Crippen LogP contribution in [0.15, 0.2) is 6.20 Å². The van der Waals surface area contributed by atoms with Crippen LogP contribution in [0, 0.1) is 0 Å². The maximum atomic E-state index is 11.9. The zero-order valence-electron chi connectivity index (χ0n) is 9.71. The van der Waals surface area contributed by atoms with Crippen molar-refractivity contribution in [1.29, 1.82) is 0 Å². The third kappa shape index (κ3) is 4.94. The van der Waals surface area contributed by atoms with E-state index in [1.54, 1.807) is 0 Å². The van der Waals surface area contributed by atoms with Crippen molar-refractivity contribution < 1.29 is 21.6 Å². The highest BCUT2D eigenvalue weighted by molar-refractivity contribution is 7.92. The van der Waals surface area contributed by atoms with E-state index in [1.807, 2.05) is 6.92 Å². The molecule has 104 valence electrons. The molecule has 0 atom stereocenters. The van der Waals surface area contributed by atoms with Gasteiger partial charge in [0, 0.05) is 12.0 Å². The van der Waals surface area contributed by atoms with Crippen molar-refractivity contribution in [3.8, 4) is 0 Å². The molecule has 0 aromatic carbocycles. The third-order valence-electron chi connectivity index (χ3n) is 2.23. The maximum Gasteiger partial charge on any atom is 0.389 e. The molecule has 1 rings (SSSR count). The fourth-order valence-electron chi connectivity index (χ4n) is 1.34. The highest BCUT2D eigenvalue weighted by Crippen LogP contribution is 2.22.